The van der Waals surface area contributed by atoms with Crippen LogP contribution in [0.1, 0.15) is 23.2 Å². The highest BCUT2D eigenvalue weighted by Crippen LogP contribution is 2.30. The Morgan fingerprint density at radius 3 is 2.54 bits per heavy atom. The van der Waals surface area contributed by atoms with E-state index in [-0.39, 0.29) is 37.6 Å². The molecule has 0 aliphatic carbocycles. The molecule has 1 aliphatic heterocycles. The molecule has 1 aromatic carbocycles. The van der Waals surface area contributed by atoms with E-state index in [0.717, 1.165) is 6.07 Å². The van der Waals surface area contributed by atoms with E-state index >= 15 is 0 Å². The molecule has 7 nitrogen and oxygen atoms in total. The number of nitrogens with two attached hydrogens (primary N) is 1. The fourth-order valence-corrected chi connectivity index (χ4v) is 2.90. The van der Waals surface area contributed by atoms with Gasteiger partial charge in [0, 0.05) is 38.2 Å². The lowest BCUT2D eigenvalue weighted by atomic mass is 9.90. The minimum Gasteiger partial charge on any atom is -0.478 e. The number of likely N-dealkylation sites (tertiary alicyclic amines) is 1. The van der Waals surface area contributed by atoms with E-state index in [9.17, 15) is 19.1 Å². The highest BCUT2D eigenvalue weighted by atomic mass is 19.1. The van der Waals surface area contributed by atoms with Crippen molar-refractivity contribution in [3.63, 3.8) is 0 Å². The van der Waals surface area contributed by atoms with Crippen LogP contribution in [0.5, 0.6) is 5.75 Å². The standard InChI is InChI=1S/C18H18FN3O4/c19-13-2-1-3-14(10-13)26-18(17(24)25)6-8-22(9-7-18)16(23)12-4-5-15(20)21-11-12/h1-5,10-11H,6-9H2,(H2,20,21)(H,24,25). The summed E-state index contributed by atoms with van der Waals surface area (Å²) in [6, 6.07) is 8.46. The second-order valence-electron chi connectivity index (χ2n) is 6.12. The lowest BCUT2D eigenvalue weighted by Crippen LogP contribution is -2.54. The summed E-state index contributed by atoms with van der Waals surface area (Å²) in [7, 11) is 0. The van der Waals surface area contributed by atoms with Crippen LogP contribution in [0.4, 0.5) is 10.2 Å². The molecule has 0 unspecified atom stereocenters. The first kappa shape index (κ1) is 17.7. The normalized spacial score (nSPS) is 16.1. The zero-order chi connectivity index (χ0) is 18.7. The lowest BCUT2D eigenvalue weighted by Gasteiger charge is -2.38. The Labute approximate surface area is 149 Å². The summed E-state index contributed by atoms with van der Waals surface area (Å²) in [6.45, 7) is 0.398. The van der Waals surface area contributed by atoms with Gasteiger partial charge in [0.25, 0.3) is 5.91 Å². The molecule has 0 bridgehead atoms. The number of aliphatic carboxylic acids is 1. The zero-order valence-corrected chi connectivity index (χ0v) is 13.9. The number of amides is 1. The number of rotatable bonds is 4. The van der Waals surface area contributed by atoms with Crippen molar-refractivity contribution in [3.05, 3.63) is 54.0 Å². The first-order valence-electron chi connectivity index (χ1n) is 8.08. The molecule has 2 heterocycles. The average molecular weight is 359 g/mol. The van der Waals surface area contributed by atoms with Gasteiger partial charge in [0.2, 0.25) is 5.60 Å². The van der Waals surface area contributed by atoms with Gasteiger partial charge in [-0.2, -0.15) is 0 Å². The maximum Gasteiger partial charge on any atom is 0.348 e. The van der Waals surface area contributed by atoms with Gasteiger partial charge in [-0.05, 0) is 24.3 Å². The summed E-state index contributed by atoms with van der Waals surface area (Å²) >= 11 is 0. The molecule has 0 saturated carbocycles. The number of nitrogens with zero attached hydrogens (tertiary/aromatic N) is 2. The Bertz CT molecular complexity index is 817. The molecule has 2 aromatic rings. The van der Waals surface area contributed by atoms with Gasteiger partial charge in [-0.15, -0.1) is 0 Å². The highest BCUT2D eigenvalue weighted by molar-refractivity contribution is 5.94. The number of carbonyl (C=O) groups is 2. The van der Waals surface area contributed by atoms with Crippen molar-refractivity contribution in [1.82, 2.24) is 9.88 Å². The number of pyridine rings is 1. The fraction of sp³-hybridized carbons (Fsp3) is 0.278. The predicted molar refractivity (Wildman–Crippen MR) is 91.2 cm³/mol. The molecule has 1 fully saturated rings. The fourth-order valence-electron chi connectivity index (χ4n) is 2.90. The smallest absolute Gasteiger partial charge is 0.348 e. The molecule has 1 aliphatic rings. The molecule has 3 rings (SSSR count). The molecule has 136 valence electrons. The van der Waals surface area contributed by atoms with E-state index in [1.165, 1.54) is 30.5 Å². The van der Waals surface area contributed by atoms with Crippen LogP contribution in [-0.2, 0) is 4.79 Å². The average Bonchev–Trinajstić information content (AvgIpc) is 2.62. The zero-order valence-electron chi connectivity index (χ0n) is 13.9. The molecule has 3 N–H and O–H groups in total. The number of hydrogen-bond donors (Lipinski definition) is 2. The van der Waals surface area contributed by atoms with Crippen LogP contribution in [0.15, 0.2) is 42.6 Å². The molecule has 0 radical (unpaired) electrons. The number of carboxylic acids is 1. The number of carboxylic acid groups (broad SMARTS) is 1. The number of halogens is 1. The van der Waals surface area contributed by atoms with Crippen molar-refractivity contribution in [2.45, 2.75) is 18.4 Å². The Hall–Kier alpha value is -3.16. The Kier molecular flexibility index (Phi) is 4.75. The van der Waals surface area contributed by atoms with Crippen LogP contribution in [0.3, 0.4) is 0 Å². The predicted octanol–water partition coefficient (Wildman–Crippen LogP) is 1.94. The minimum absolute atomic E-state index is 0.0903. The summed E-state index contributed by atoms with van der Waals surface area (Å²) in [5.41, 5.74) is 4.40. The quantitative estimate of drug-likeness (QED) is 0.864. The summed E-state index contributed by atoms with van der Waals surface area (Å²) in [4.78, 5) is 29.7. The van der Waals surface area contributed by atoms with Crippen molar-refractivity contribution in [3.8, 4) is 5.75 Å². The van der Waals surface area contributed by atoms with Crippen LogP contribution in [0.25, 0.3) is 0 Å². The van der Waals surface area contributed by atoms with E-state index < -0.39 is 17.4 Å². The summed E-state index contributed by atoms with van der Waals surface area (Å²) in [5.74, 6) is -1.43. The summed E-state index contributed by atoms with van der Waals surface area (Å²) < 4.78 is 19.0. The van der Waals surface area contributed by atoms with Crippen LogP contribution in [-0.4, -0.2) is 45.6 Å². The Morgan fingerprint density at radius 2 is 1.96 bits per heavy atom. The van der Waals surface area contributed by atoms with Crippen molar-refractivity contribution in [2.75, 3.05) is 18.8 Å². The number of aromatic nitrogens is 1. The third-order valence-corrected chi connectivity index (χ3v) is 4.39. The van der Waals surface area contributed by atoms with E-state index in [0.29, 0.717) is 11.4 Å². The molecule has 1 saturated heterocycles. The van der Waals surface area contributed by atoms with Crippen LogP contribution < -0.4 is 10.5 Å². The number of piperidine rings is 1. The van der Waals surface area contributed by atoms with Crippen LogP contribution >= 0.6 is 0 Å². The van der Waals surface area contributed by atoms with Gasteiger partial charge in [0.15, 0.2) is 0 Å². The Morgan fingerprint density at radius 1 is 1.23 bits per heavy atom. The molecule has 26 heavy (non-hydrogen) atoms. The minimum atomic E-state index is -1.50. The number of hydrogen-bond acceptors (Lipinski definition) is 5. The first-order chi connectivity index (χ1) is 12.4. The third-order valence-electron chi connectivity index (χ3n) is 4.39. The number of carbonyl (C=O) groups excluding carboxylic acids is 1. The van der Waals surface area contributed by atoms with Crippen molar-refractivity contribution in [1.29, 1.82) is 0 Å². The van der Waals surface area contributed by atoms with Crippen LogP contribution in [0, 0.1) is 5.82 Å². The van der Waals surface area contributed by atoms with E-state index in [4.69, 9.17) is 10.5 Å². The van der Waals surface area contributed by atoms with Crippen molar-refractivity contribution >= 4 is 17.7 Å². The summed E-state index contributed by atoms with van der Waals surface area (Å²) in [6.07, 6.45) is 1.57. The lowest BCUT2D eigenvalue weighted by molar-refractivity contribution is -0.159. The maximum absolute atomic E-state index is 13.3. The molecule has 0 atom stereocenters. The second-order valence-corrected chi connectivity index (χ2v) is 6.12. The van der Waals surface area contributed by atoms with Gasteiger partial charge in [-0.1, -0.05) is 6.07 Å². The van der Waals surface area contributed by atoms with Gasteiger partial charge >= 0.3 is 5.97 Å². The SMILES string of the molecule is Nc1ccc(C(=O)N2CCC(Oc3cccc(F)c3)(C(=O)O)CC2)cn1. The van der Waals surface area contributed by atoms with E-state index in [1.54, 1.807) is 11.0 Å². The van der Waals surface area contributed by atoms with Gasteiger partial charge in [-0.3, -0.25) is 4.79 Å². The molecule has 8 heteroatoms. The molecule has 1 aromatic heterocycles. The monoisotopic (exact) mass is 359 g/mol. The molecule has 1 amide bonds. The number of ether oxygens (including phenoxy) is 1. The Balaban J connectivity index is 1.72. The van der Waals surface area contributed by atoms with Gasteiger partial charge < -0.3 is 20.5 Å². The number of benzene rings is 1. The maximum atomic E-state index is 13.3. The van der Waals surface area contributed by atoms with Crippen molar-refractivity contribution < 1.29 is 23.8 Å². The molecular weight excluding hydrogens is 341 g/mol. The van der Waals surface area contributed by atoms with Crippen LogP contribution in [0.2, 0.25) is 0 Å². The number of nitrogen functional groups attached to an aromatic ring is 1. The van der Waals surface area contributed by atoms with E-state index in [2.05, 4.69) is 4.98 Å². The summed E-state index contributed by atoms with van der Waals surface area (Å²) in [5, 5.41) is 9.65. The number of anilines is 1. The second kappa shape index (κ2) is 6.99. The largest absolute Gasteiger partial charge is 0.478 e. The topological polar surface area (TPSA) is 106 Å². The third kappa shape index (κ3) is 3.58. The highest BCUT2D eigenvalue weighted by Gasteiger charge is 2.45. The van der Waals surface area contributed by atoms with Crippen molar-refractivity contribution in [2.24, 2.45) is 0 Å². The first-order valence-corrected chi connectivity index (χ1v) is 8.08. The molecule has 0 spiro atoms. The van der Waals surface area contributed by atoms with E-state index in [1.807, 2.05) is 0 Å². The van der Waals surface area contributed by atoms with Gasteiger partial charge in [-0.25, -0.2) is 14.2 Å². The molecular formula is C18H18FN3O4. The van der Waals surface area contributed by atoms with Gasteiger partial charge in [0.1, 0.15) is 17.4 Å². The van der Waals surface area contributed by atoms with Gasteiger partial charge in [0.05, 0.1) is 5.56 Å².